The molecule has 2 aromatic carbocycles. The van der Waals surface area contributed by atoms with Gasteiger partial charge < -0.3 is 0 Å². The van der Waals surface area contributed by atoms with E-state index in [1.807, 2.05) is 0 Å². The van der Waals surface area contributed by atoms with Gasteiger partial charge in [-0.3, -0.25) is 0 Å². The molecular weight excluding hydrogens is 275 g/mol. The SMILES string of the molecule is C[Si](C)C(Cl)P(c1ccccc1)c1ccccc1. The Balaban J connectivity index is 2.42. The molecule has 0 saturated carbocycles. The monoisotopic (exact) mass is 291 g/mol. The van der Waals surface area contributed by atoms with Crippen LogP contribution in [0.3, 0.4) is 0 Å². The molecule has 0 aliphatic heterocycles. The van der Waals surface area contributed by atoms with E-state index in [2.05, 4.69) is 73.8 Å². The minimum Gasteiger partial charge on any atom is -0.121 e. The largest absolute Gasteiger partial charge is 0.121 e. The average Bonchev–Trinajstić information content (AvgIpc) is 2.41. The Morgan fingerprint density at radius 1 is 0.833 bits per heavy atom. The summed E-state index contributed by atoms with van der Waals surface area (Å²) >= 11 is 6.72. The Labute approximate surface area is 117 Å². The predicted octanol–water partition coefficient (Wildman–Crippen LogP) is 3.98. The van der Waals surface area contributed by atoms with Gasteiger partial charge in [0, 0.05) is 0 Å². The lowest BCUT2D eigenvalue weighted by Crippen LogP contribution is -2.26. The van der Waals surface area contributed by atoms with Crippen LogP contribution in [-0.2, 0) is 0 Å². The van der Waals surface area contributed by atoms with Crippen LogP contribution in [0.1, 0.15) is 0 Å². The average molecular weight is 292 g/mol. The number of hydrogen-bond acceptors (Lipinski definition) is 0. The van der Waals surface area contributed by atoms with E-state index < -0.39 is 16.7 Å². The van der Waals surface area contributed by atoms with Crippen molar-refractivity contribution >= 4 is 38.9 Å². The van der Waals surface area contributed by atoms with Crippen molar-refractivity contribution in [3.63, 3.8) is 0 Å². The maximum Gasteiger partial charge on any atom is 0.0702 e. The zero-order chi connectivity index (χ0) is 13.0. The van der Waals surface area contributed by atoms with E-state index in [4.69, 9.17) is 11.6 Å². The van der Waals surface area contributed by atoms with Crippen molar-refractivity contribution in [2.24, 2.45) is 0 Å². The van der Waals surface area contributed by atoms with E-state index in [0.29, 0.717) is 0 Å². The van der Waals surface area contributed by atoms with Gasteiger partial charge in [-0.15, -0.1) is 11.6 Å². The smallest absolute Gasteiger partial charge is 0.0702 e. The Morgan fingerprint density at radius 3 is 1.56 bits per heavy atom. The third-order valence-corrected chi connectivity index (χ3v) is 10.1. The van der Waals surface area contributed by atoms with Gasteiger partial charge >= 0.3 is 0 Å². The molecule has 0 bridgehead atoms. The fourth-order valence-electron chi connectivity index (χ4n) is 1.85. The second kappa shape index (κ2) is 6.52. The summed E-state index contributed by atoms with van der Waals surface area (Å²) in [6.45, 7) is 4.59. The van der Waals surface area contributed by atoms with Crippen molar-refractivity contribution in [2.75, 3.05) is 0 Å². The van der Waals surface area contributed by atoms with Crippen molar-refractivity contribution in [3.8, 4) is 0 Å². The van der Waals surface area contributed by atoms with Crippen molar-refractivity contribution in [1.82, 2.24) is 0 Å². The molecule has 1 radical (unpaired) electrons. The van der Waals surface area contributed by atoms with Crippen LogP contribution in [-0.4, -0.2) is 13.5 Å². The zero-order valence-electron chi connectivity index (χ0n) is 10.7. The number of alkyl halides is 1. The Kier molecular flexibility index (Phi) is 5.00. The van der Waals surface area contributed by atoms with Crippen LogP contribution in [0.25, 0.3) is 0 Å². The van der Waals surface area contributed by atoms with Gasteiger partial charge in [-0.05, 0) is 18.5 Å². The summed E-state index contributed by atoms with van der Waals surface area (Å²) in [6.07, 6.45) is 0. The Bertz CT molecular complexity index is 433. The van der Waals surface area contributed by atoms with E-state index in [1.54, 1.807) is 0 Å². The summed E-state index contributed by atoms with van der Waals surface area (Å²) in [5, 5.41) is 2.76. The standard InChI is InChI=1S/C15H17ClPSi/c1-18(2)15(16)17(13-9-5-3-6-10-13)14-11-7-4-8-12-14/h3-12,15H,1-2H3. The molecule has 0 nitrogen and oxygen atoms in total. The van der Waals surface area contributed by atoms with Gasteiger partial charge in [-0.2, -0.15) is 0 Å². The van der Waals surface area contributed by atoms with Gasteiger partial charge in [-0.25, -0.2) is 0 Å². The second-order valence-corrected chi connectivity index (χ2v) is 11.1. The van der Waals surface area contributed by atoms with E-state index in [9.17, 15) is 0 Å². The lowest BCUT2D eigenvalue weighted by molar-refractivity contribution is 1.68. The second-order valence-electron chi connectivity index (χ2n) is 4.45. The molecule has 1 atom stereocenters. The van der Waals surface area contributed by atoms with Gasteiger partial charge in [0.1, 0.15) is 0 Å². The maximum atomic E-state index is 6.72. The minimum absolute atomic E-state index is 0.273. The number of halogens is 1. The molecule has 0 N–H and O–H groups in total. The van der Waals surface area contributed by atoms with Crippen molar-refractivity contribution in [1.29, 1.82) is 0 Å². The van der Waals surface area contributed by atoms with E-state index in [0.717, 1.165) is 0 Å². The van der Waals surface area contributed by atoms with Crippen molar-refractivity contribution < 1.29 is 0 Å². The lowest BCUT2D eigenvalue weighted by Gasteiger charge is -2.25. The third kappa shape index (κ3) is 3.23. The fourth-order valence-corrected chi connectivity index (χ4v) is 7.29. The van der Waals surface area contributed by atoms with Crippen LogP contribution in [0.2, 0.25) is 13.1 Å². The van der Waals surface area contributed by atoms with Crippen LogP contribution < -0.4 is 10.6 Å². The molecule has 3 heteroatoms. The molecule has 0 heterocycles. The third-order valence-electron chi connectivity index (χ3n) is 2.77. The maximum absolute atomic E-state index is 6.72. The summed E-state index contributed by atoms with van der Waals surface area (Å²) in [4.78, 5) is 0. The highest BCUT2D eigenvalue weighted by Crippen LogP contribution is 2.42. The van der Waals surface area contributed by atoms with Gasteiger partial charge in [0.15, 0.2) is 0 Å². The van der Waals surface area contributed by atoms with Crippen LogP contribution in [0, 0.1) is 0 Å². The van der Waals surface area contributed by atoms with Crippen molar-refractivity contribution in [2.45, 2.75) is 17.8 Å². The first-order valence-electron chi connectivity index (χ1n) is 6.03. The van der Waals surface area contributed by atoms with E-state index in [1.165, 1.54) is 10.6 Å². The summed E-state index contributed by atoms with van der Waals surface area (Å²) in [6, 6.07) is 21.4. The first-order chi connectivity index (χ1) is 8.70. The van der Waals surface area contributed by atoms with Gasteiger partial charge in [0.2, 0.25) is 0 Å². The lowest BCUT2D eigenvalue weighted by atomic mass is 10.4. The summed E-state index contributed by atoms with van der Waals surface area (Å²) in [5.74, 6) is 0. The Morgan fingerprint density at radius 2 is 1.22 bits per heavy atom. The molecule has 0 spiro atoms. The molecule has 0 saturated heterocycles. The highest BCUT2D eigenvalue weighted by atomic mass is 35.5. The highest BCUT2D eigenvalue weighted by Gasteiger charge is 2.25. The molecule has 0 aromatic heterocycles. The number of hydrogen-bond donors (Lipinski definition) is 0. The van der Waals surface area contributed by atoms with Gasteiger partial charge in [0.05, 0.1) is 13.5 Å². The van der Waals surface area contributed by atoms with Gasteiger partial charge in [0.25, 0.3) is 0 Å². The van der Waals surface area contributed by atoms with Crippen LogP contribution in [0.4, 0.5) is 0 Å². The summed E-state index contributed by atoms with van der Waals surface area (Å²) < 4.78 is 0.273. The van der Waals surface area contributed by atoms with Crippen LogP contribution in [0.5, 0.6) is 0 Å². The minimum atomic E-state index is -0.511. The molecule has 0 fully saturated rings. The quantitative estimate of drug-likeness (QED) is 0.454. The Hall–Kier alpha value is -0.623. The predicted molar refractivity (Wildman–Crippen MR) is 86.2 cm³/mol. The summed E-state index contributed by atoms with van der Waals surface area (Å²) in [7, 11) is -0.952. The normalized spacial score (nSPS) is 12.9. The molecule has 18 heavy (non-hydrogen) atoms. The first kappa shape index (κ1) is 13.8. The number of benzene rings is 2. The first-order valence-corrected chi connectivity index (χ1v) is 10.5. The highest BCUT2D eigenvalue weighted by molar-refractivity contribution is 7.77. The van der Waals surface area contributed by atoms with E-state index in [-0.39, 0.29) is 4.74 Å². The molecular formula is C15H17ClPSi. The molecule has 0 amide bonds. The topological polar surface area (TPSA) is 0 Å². The summed E-state index contributed by atoms with van der Waals surface area (Å²) in [5.41, 5.74) is 0. The number of rotatable bonds is 4. The molecule has 0 aliphatic carbocycles. The molecule has 0 aliphatic rings. The van der Waals surface area contributed by atoms with E-state index >= 15 is 0 Å². The van der Waals surface area contributed by atoms with Crippen LogP contribution >= 0.6 is 19.5 Å². The van der Waals surface area contributed by atoms with Crippen molar-refractivity contribution in [3.05, 3.63) is 60.7 Å². The zero-order valence-corrected chi connectivity index (χ0v) is 13.3. The molecule has 2 rings (SSSR count). The molecule has 1 unspecified atom stereocenters. The van der Waals surface area contributed by atoms with Crippen LogP contribution in [0.15, 0.2) is 60.7 Å². The van der Waals surface area contributed by atoms with Gasteiger partial charge in [-0.1, -0.05) is 73.8 Å². The fraction of sp³-hybridized carbons (Fsp3) is 0.200. The molecule has 93 valence electrons. The molecule has 2 aromatic rings.